The lowest BCUT2D eigenvalue weighted by atomic mass is 10.1. The van der Waals surface area contributed by atoms with Crippen LogP contribution in [0.25, 0.3) is 11.7 Å². The van der Waals surface area contributed by atoms with Crippen LogP contribution in [0.2, 0.25) is 0 Å². The first-order valence-electron chi connectivity index (χ1n) is 7.72. The molecule has 0 fully saturated rings. The number of carboxylic acids is 1. The van der Waals surface area contributed by atoms with Crippen LogP contribution in [0.15, 0.2) is 59.0 Å². The molecule has 126 valence electrons. The van der Waals surface area contributed by atoms with Gasteiger partial charge in [-0.1, -0.05) is 23.8 Å². The monoisotopic (exact) mass is 335 g/mol. The third kappa shape index (κ3) is 3.42. The van der Waals surface area contributed by atoms with Crippen molar-refractivity contribution in [1.82, 2.24) is 9.38 Å². The van der Waals surface area contributed by atoms with E-state index in [9.17, 15) is 9.59 Å². The Balaban J connectivity index is 2.20. The Morgan fingerprint density at radius 2 is 1.92 bits per heavy atom. The number of rotatable bonds is 4. The summed E-state index contributed by atoms with van der Waals surface area (Å²) in [5.41, 5.74) is 2.28. The number of fused-ring (bicyclic) bond motifs is 1. The van der Waals surface area contributed by atoms with Crippen LogP contribution in [0.4, 0.5) is 11.5 Å². The van der Waals surface area contributed by atoms with E-state index in [1.54, 1.807) is 24.4 Å². The van der Waals surface area contributed by atoms with Gasteiger partial charge in [-0.15, -0.1) is 0 Å². The summed E-state index contributed by atoms with van der Waals surface area (Å²) in [5.74, 6) is -0.764. The smallest absolute Gasteiger partial charge is 0.331 e. The SMILES string of the molecule is C/C(=C\c1c(Nc2ccc(C)cc2)nc2ccccn2c1=O)C(=O)O. The Morgan fingerprint density at radius 1 is 1.20 bits per heavy atom. The molecule has 6 nitrogen and oxygen atoms in total. The maximum absolute atomic E-state index is 12.8. The first-order chi connectivity index (χ1) is 12.0. The maximum atomic E-state index is 12.8. The average molecular weight is 335 g/mol. The molecular weight excluding hydrogens is 318 g/mol. The molecule has 0 saturated carbocycles. The van der Waals surface area contributed by atoms with Crippen molar-refractivity contribution in [3.63, 3.8) is 0 Å². The average Bonchev–Trinajstić information content (AvgIpc) is 2.60. The molecular formula is C19H17N3O3. The molecule has 2 aromatic heterocycles. The van der Waals surface area contributed by atoms with Gasteiger partial charge in [0.15, 0.2) is 0 Å². The molecule has 0 bridgehead atoms. The Kier molecular flexibility index (Phi) is 4.35. The molecule has 0 radical (unpaired) electrons. The quantitative estimate of drug-likeness (QED) is 0.715. The lowest BCUT2D eigenvalue weighted by Crippen LogP contribution is -2.20. The summed E-state index contributed by atoms with van der Waals surface area (Å²) in [6.07, 6.45) is 2.95. The van der Waals surface area contributed by atoms with Gasteiger partial charge >= 0.3 is 5.97 Å². The third-order valence-corrected chi connectivity index (χ3v) is 3.78. The number of benzene rings is 1. The largest absolute Gasteiger partial charge is 0.478 e. The molecule has 0 aliphatic rings. The highest BCUT2D eigenvalue weighted by Crippen LogP contribution is 2.20. The number of aryl methyl sites for hydroxylation is 1. The zero-order valence-electron chi connectivity index (χ0n) is 13.9. The number of nitrogens with one attached hydrogen (secondary N) is 1. The van der Waals surface area contributed by atoms with E-state index in [4.69, 9.17) is 5.11 Å². The molecule has 0 unspecified atom stereocenters. The zero-order chi connectivity index (χ0) is 18.0. The number of nitrogens with zero attached hydrogens (tertiary/aromatic N) is 2. The highest BCUT2D eigenvalue weighted by molar-refractivity contribution is 5.92. The molecule has 1 aromatic carbocycles. The van der Waals surface area contributed by atoms with Crippen molar-refractivity contribution in [2.45, 2.75) is 13.8 Å². The number of pyridine rings is 1. The van der Waals surface area contributed by atoms with Crippen molar-refractivity contribution in [1.29, 1.82) is 0 Å². The minimum atomic E-state index is -1.08. The van der Waals surface area contributed by atoms with Crippen molar-refractivity contribution < 1.29 is 9.90 Å². The van der Waals surface area contributed by atoms with Crippen molar-refractivity contribution in [3.05, 3.63) is 75.7 Å². The van der Waals surface area contributed by atoms with E-state index in [0.717, 1.165) is 11.3 Å². The fourth-order valence-corrected chi connectivity index (χ4v) is 2.38. The number of hydrogen-bond donors (Lipinski definition) is 2. The highest BCUT2D eigenvalue weighted by atomic mass is 16.4. The van der Waals surface area contributed by atoms with E-state index in [1.165, 1.54) is 17.4 Å². The van der Waals surface area contributed by atoms with Gasteiger partial charge in [-0.3, -0.25) is 9.20 Å². The van der Waals surface area contributed by atoms with Crippen LogP contribution >= 0.6 is 0 Å². The fourth-order valence-electron chi connectivity index (χ4n) is 2.38. The second-order valence-electron chi connectivity index (χ2n) is 5.73. The molecule has 0 amide bonds. The van der Waals surface area contributed by atoms with Gasteiger partial charge < -0.3 is 10.4 Å². The summed E-state index contributed by atoms with van der Waals surface area (Å²) >= 11 is 0. The van der Waals surface area contributed by atoms with Gasteiger partial charge in [-0.25, -0.2) is 9.78 Å². The molecule has 0 atom stereocenters. The van der Waals surface area contributed by atoms with Gasteiger partial charge in [-0.05, 0) is 44.2 Å². The van der Waals surface area contributed by atoms with Crippen LogP contribution in [-0.4, -0.2) is 20.5 Å². The molecule has 25 heavy (non-hydrogen) atoms. The second-order valence-corrected chi connectivity index (χ2v) is 5.73. The summed E-state index contributed by atoms with van der Waals surface area (Å²) < 4.78 is 1.39. The minimum Gasteiger partial charge on any atom is -0.478 e. The van der Waals surface area contributed by atoms with E-state index < -0.39 is 5.97 Å². The molecule has 2 heterocycles. The van der Waals surface area contributed by atoms with Gasteiger partial charge in [0, 0.05) is 17.5 Å². The summed E-state index contributed by atoms with van der Waals surface area (Å²) in [5, 5.41) is 12.3. The molecule has 0 saturated heterocycles. The minimum absolute atomic E-state index is 0.0572. The van der Waals surface area contributed by atoms with Crippen LogP contribution < -0.4 is 10.9 Å². The molecule has 3 aromatic rings. The lowest BCUT2D eigenvalue weighted by molar-refractivity contribution is -0.132. The maximum Gasteiger partial charge on any atom is 0.331 e. The zero-order valence-corrected chi connectivity index (χ0v) is 13.9. The normalized spacial score (nSPS) is 11.5. The van der Waals surface area contributed by atoms with Crippen LogP contribution in [-0.2, 0) is 4.79 Å². The standard InChI is InChI=1S/C19H17N3O3/c1-12-6-8-14(9-7-12)20-17-15(11-13(2)19(24)25)18(23)22-10-4-3-5-16(22)21-17/h3-11,20H,1-2H3,(H,24,25)/b13-11+. The Bertz CT molecular complexity index is 1030. The number of hydrogen-bond acceptors (Lipinski definition) is 4. The van der Waals surface area contributed by atoms with Gasteiger partial charge in [0.05, 0.1) is 5.56 Å². The molecule has 0 spiro atoms. The van der Waals surface area contributed by atoms with Gasteiger partial charge in [0.1, 0.15) is 11.5 Å². The number of carbonyl (C=O) groups is 1. The van der Waals surface area contributed by atoms with E-state index >= 15 is 0 Å². The Labute approximate surface area is 144 Å². The fraction of sp³-hybridized carbons (Fsp3) is 0.105. The number of aromatic nitrogens is 2. The van der Waals surface area contributed by atoms with Crippen LogP contribution in [0.1, 0.15) is 18.1 Å². The highest BCUT2D eigenvalue weighted by Gasteiger charge is 2.13. The van der Waals surface area contributed by atoms with Crippen LogP contribution in [0, 0.1) is 6.92 Å². The molecule has 6 heteroatoms. The number of aliphatic carboxylic acids is 1. The summed E-state index contributed by atoms with van der Waals surface area (Å²) in [7, 11) is 0. The van der Waals surface area contributed by atoms with E-state index in [1.807, 2.05) is 31.2 Å². The molecule has 2 N–H and O–H groups in total. The lowest BCUT2D eigenvalue weighted by Gasteiger charge is -2.11. The second kappa shape index (κ2) is 6.60. The number of anilines is 2. The van der Waals surface area contributed by atoms with Crippen molar-refractivity contribution in [2.24, 2.45) is 0 Å². The van der Waals surface area contributed by atoms with E-state index in [0.29, 0.717) is 11.5 Å². The topological polar surface area (TPSA) is 83.7 Å². The summed E-state index contributed by atoms with van der Waals surface area (Å²) in [6.45, 7) is 3.42. The van der Waals surface area contributed by atoms with Gasteiger partial charge in [0.2, 0.25) is 0 Å². The summed E-state index contributed by atoms with van der Waals surface area (Å²) in [6, 6.07) is 12.9. The van der Waals surface area contributed by atoms with Crippen molar-refractivity contribution in [3.8, 4) is 0 Å². The van der Waals surface area contributed by atoms with E-state index in [-0.39, 0.29) is 16.7 Å². The predicted octanol–water partition coefficient (Wildman–Crippen LogP) is 3.23. The Hall–Kier alpha value is -3.41. The van der Waals surface area contributed by atoms with Crippen LogP contribution in [0.3, 0.4) is 0 Å². The first kappa shape index (κ1) is 16.4. The van der Waals surface area contributed by atoms with Crippen molar-refractivity contribution >= 4 is 29.2 Å². The molecule has 3 rings (SSSR count). The predicted molar refractivity (Wildman–Crippen MR) is 97.2 cm³/mol. The molecule has 0 aliphatic heterocycles. The first-order valence-corrected chi connectivity index (χ1v) is 7.72. The number of carboxylic acid groups (broad SMARTS) is 1. The Morgan fingerprint density at radius 3 is 2.60 bits per heavy atom. The van der Waals surface area contributed by atoms with Gasteiger partial charge in [0.25, 0.3) is 5.56 Å². The van der Waals surface area contributed by atoms with Gasteiger partial charge in [-0.2, -0.15) is 0 Å². The van der Waals surface area contributed by atoms with Crippen LogP contribution in [0.5, 0.6) is 0 Å². The third-order valence-electron chi connectivity index (χ3n) is 3.78. The molecule has 0 aliphatic carbocycles. The van der Waals surface area contributed by atoms with E-state index in [2.05, 4.69) is 10.3 Å². The summed E-state index contributed by atoms with van der Waals surface area (Å²) in [4.78, 5) is 28.4. The van der Waals surface area contributed by atoms with Crippen molar-refractivity contribution in [2.75, 3.05) is 5.32 Å².